The molecule has 0 saturated heterocycles. The summed E-state index contributed by atoms with van der Waals surface area (Å²) in [6.45, 7) is 14.9. The molecule has 1 amide bonds. The molecule has 0 aliphatic rings. The molecule has 0 aliphatic carbocycles. The highest BCUT2D eigenvalue weighted by atomic mass is 16.6. The quantitative estimate of drug-likeness (QED) is 0.612. The van der Waals surface area contributed by atoms with Crippen molar-refractivity contribution in [1.29, 1.82) is 0 Å². The normalized spacial score (nSPS) is 10.8. The molecule has 0 spiro atoms. The molecule has 1 aromatic heterocycles. The number of benzene rings is 1. The van der Waals surface area contributed by atoms with Gasteiger partial charge in [0.2, 0.25) is 0 Å². The largest absolute Gasteiger partial charge is 0.444 e. The van der Waals surface area contributed by atoms with Crippen molar-refractivity contribution in [1.82, 2.24) is 14.9 Å². The number of anilines is 1. The van der Waals surface area contributed by atoms with E-state index in [-0.39, 0.29) is 6.09 Å². The predicted molar refractivity (Wildman–Crippen MR) is 126 cm³/mol. The van der Waals surface area contributed by atoms with Gasteiger partial charge in [-0.3, -0.25) is 0 Å². The number of hydrogen-bond acceptors (Lipinski definition) is 4. The Morgan fingerprint density at radius 1 is 1.17 bits per heavy atom. The Hall–Kier alpha value is -2.50. The van der Waals surface area contributed by atoms with Crippen LogP contribution in [0.1, 0.15) is 66.3 Å². The van der Waals surface area contributed by atoms with Crippen LogP contribution in [-0.4, -0.2) is 47.2 Å². The molecule has 0 aliphatic heterocycles. The second-order valence-electron chi connectivity index (χ2n) is 8.21. The molecule has 1 N–H and O–H groups in total. The van der Waals surface area contributed by atoms with Gasteiger partial charge in [0.05, 0.1) is 18.4 Å². The molecule has 0 radical (unpaired) electrons. The van der Waals surface area contributed by atoms with E-state index in [1.54, 1.807) is 4.90 Å². The summed E-state index contributed by atoms with van der Waals surface area (Å²) in [6.07, 6.45) is 3.35. The summed E-state index contributed by atoms with van der Waals surface area (Å²) in [5, 5.41) is 0. The van der Waals surface area contributed by atoms with E-state index >= 15 is 0 Å². The van der Waals surface area contributed by atoms with E-state index in [0.717, 1.165) is 29.9 Å². The van der Waals surface area contributed by atoms with Gasteiger partial charge in [0.15, 0.2) is 0 Å². The summed E-state index contributed by atoms with van der Waals surface area (Å²) in [5.74, 6) is 0.751. The van der Waals surface area contributed by atoms with Crippen molar-refractivity contribution in [2.24, 2.45) is 0 Å². The van der Waals surface area contributed by atoms with E-state index in [1.807, 2.05) is 47.7 Å². The van der Waals surface area contributed by atoms with Crippen LogP contribution in [0.15, 0.2) is 24.4 Å². The number of para-hydroxylation sites is 1. The van der Waals surface area contributed by atoms with Crippen molar-refractivity contribution < 1.29 is 9.53 Å². The number of aromatic amines is 1. The first-order valence-corrected chi connectivity index (χ1v) is 11.0. The van der Waals surface area contributed by atoms with Crippen molar-refractivity contribution in [3.63, 3.8) is 0 Å². The van der Waals surface area contributed by atoms with Crippen LogP contribution in [0.5, 0.6) is 0 Å². The smallest absolute Gasteiger partial charge is 0.410 e. The Balaban J connectivity index is 0.00000218. The minimum Gasteiger partial charge on any atom is -0.444 e. The molecule has 1 heterocycles. The molecule has 0 fully saturated rings. The molecule has 2 aromatic rings. The molecule has 0 bridgehead atoms. The van der Waals surface area contributed by atoms with Crippen LogP contribution in [0.25, 0.3) is 11.3 Å². The van der Waals surface area contributed by atoms with E-state index in [0.29, 0.717) is 13.1 Å². The fourth-order valence-electron chi connectivity index (χ4n) is 3.21. The Bertz CT molecular complexity index is 791. The summed E-state index contributed by atoms with van der Waals surface area (Å²) in [7, 11) is 4.11. The number of amides is 1. The lowest BCUT2D eigenvalue weighted by molar-refractivity contribution is 0.0229. The Morgan fingerprint density at radius 3 is 2.37 bits per heavy atom. The third-order valence-electron chi connectivity index (χ3n) is 4.35. The number of aryl methyl sites for hydroxylation is 1. The zero-order valence-electron chi connectivity index (χ0n) is 20.3. The summed E-state index contributed by atoms with van der Waals surface area (Å²) in [6, 6.07) is 6.33. The number of H-pyrrole nitrogens is 1. The van der Waals surface area contributed by atoms with Crippen LogP contribution in [0, 0.1) is 0 Å². The van der Waals surface area contributed by atoms with Crippen molar-refractivity contribution in [3.8, 4) is 11.3 Å². The third kappa shape index (κ3) is 7.08. The number of nitrogens with zero attached hydrogens (tertiary/aromatic N) is 3. The molecule has 6 heteroatoms. The maximum absolute atomic E-state index is 12.5. The van der Waals surface area contributed by atoms with Crippen LogP contribution in [0.2, 0.25) is 0 Å². The van der Waals surface area contributed by atoms with E-state index in [4.69, 9.17) is 4.74 Å². The van der Waals surface area contributed by atoms with Gasteiger partial charge in [0.25, 0.3) is 0 Å². The highest BCUT2D eigenvalue weighted by Gasteiger charge is 2.23. The first-order valence-electron chi connectivity index (χ1n) is 11.0. The highest BCUT2D eigenvalue weighted by molar-refractivity contribution is 5.78. The molecule has 1 aromatic carbocycles. The lowest BCUT2D eigenvalue weighted by Crippen LogP contribution is -2.37. The fraction of sp³-hybridized carbons (Fsp3) is 0.583. The van der Waals surface area contributed by atoms with Gasteiger partial charge in [0, 0.05) is 31.9 Å². The molecular weight excluding hydrogens is 376 g/mol. The zero-order valence-corrected chi connectivity index (χ0v) is 20.3. The van der Waals surface area contributed by atoms with Crippen LogP contribution in [-0.2, 0) is 17.7 Å². The average molecular weight is 417 g/mol. The van der Waals surface area contributed by atoms with Gasteiger partial charge in [0.1, 0.15) is 11.4 Å². The molecular formula is C24H40N4O2. The summed E-state index contributed by atoms with van der Waals surface area (Å²) >= 11 is 0. The summed E-state index contributed by atoms with van der Waals surface area (Å²) < 4.78 is 5.54. The molecule has 168 valence electrons. The van der Waals surface area contributed by atoms with Gasteiger partial charge >= 0.3 is 6.09 Å². The van der Waals surface area contributed by atoms with Gasteiger partial charge in [-0.2, -0.15) is 0 Å². The molecule has 2 rings (SSSR count). The first kappa shape index (κ1) is 25.5. The Kier molecular flexibility index (Phi) is 9.90. The fourth-order valence-corrected chi connectivity index (χ4v) is 3.21. The lowest BCUT2D eigenvalue weighted by Gasteiger charge is -2.26. The van der Waals surface area contributed by atoms with Crippen molar-refractivity contribution in [2.45, 2.75) is 73.5 Å². The minimum atomic E-state index is -0.515. The molecule has 0 atom stereocenters. The third-order valence-corrected chi connectivity index (χ3v) is 4.35. The van der Waals surface area contributed by atoms with Crippen LogP contribution >= 0.6 is 0 Å². The molecule has 0 unspecified atom stereocenters. The predicted octanol–water partition coefficient (Wildman–Crippen LogP) is 5.88. The maximum Gasteiger partial charge on any atom is 0.410 e. The number of carbonyl (C=O) groups excluding carboxylic acids is 1. The number of rotatable bonds is 7. The monoisotopic (exact) mass is 416 g/mol. The summed E-state index contributed by atoms with van der Waals surface area (Å²) in [4.78, 5) is 24.3. The highest BCUT2D eigenvalue weighted by Crippen LogP contribution is 2.32. The molecule has 30 heavy (non-hydrogen) atoms. The van der Waals surface area contributed by atoms with E-state index in [9.17, 15) is 4.79 Å². The zero-order chi connectivity index (χ0) is 22.9. The Labute approximate surface area is 182 Å². The van der Waals surface area contributed by atoms with Crippen molar-refractivity contribution in [2.75, 3.05) is 25.5 Å². The van der Waals surface area contributed by atoms with Gasteiger partial charge in [-0.05, 0) is 39.2 Å². The average Bonchev–Trinajstić information content (AvgIpc) is 3.15. The van der Waals surface area contributed by atoms with E-state index in [2.05, 4.69) is 54.1 Å². The van der Waals surface area contributed by atoms with Crippen LogP contribution < -0.4 is 4.90 Å². The number of imidazole rings is 1. The molecule has 6 nitrogen and oxygen atoms in total. The van der Waals surface area contributed by atoms with Gasteiger partial charge < -0.3 is 19.5 Å². The van der Waals surface area contributed by atoms with E-state index < -0.39 is 5.60 Å². The van der Waals surface area contributed by atoms with Gasteiger partial charge in [-0.1, -0.05) is 45.9 Å². The second kappa shape index (κ2) is 11.6. The lowest BCUT2D eigenvalue weighted by atomic mass is 10.0. The number of nitrogens with one attached hydrogen (secondary N) is 1. The van der Waals surface area contributed by atoms with Crippen LogP contribution in [0.4, 0.5) is 10.5 Å². The van der Waals surface area contributed by atoms with E-state index in [1.165, 1.54) is 11.3 Å². The topological polar surface area (TPSA) is 61.5 Å². The first-order chi connectivity index (χ1) is 14.2. The minimum absolute atomic E-state index is 0.311. The number of aromatic nitrogens is 2. The van der Waals surface area contributed by atoms with Crippen molar-refractivity contribution >= 4 is 11.8 Å². The molecule has 0 saturated carbocycles. The van der Waals surface area contributed by atoms with Crippen LogP contribution in [0.3, 0.4) is 0 Å². The van der Waals surface area contributed by atoms with Crippen molar-refractivity contribution in [3.05, 3.63) is 35.8 Å². The second-order valence-corrected chi connectivity index (χ2v) is 8.21. The number of hydrogen-bond donors (Lipinski definition) is 1. The summed E-state index contributed by atoms with van der Waals surface area (Å²) in [5.41, 5.74) is 4.04. The van der Waals surface area contributed by atoms with Gasteiger partial charge in [-0.25, -0.2) is 9.78 Å². The number of ether oxygens (including phenoxy) is 1. The number of carbonyl (C=O) groups is 1. The SMILES string of the molecule is CC.CCCN(Cc1ncc(-c2cccc(CC)c2N(C)C)[nH]1)C(=O)OC(C)(C)C. The maximum atomic E-state index is 12.5. The van der Waals surface area contributed by atoms with Gasteiger partial charge in [-0.15, -0.1) is 0 Å². The standard InChI is InChI=1S/C22H34N4O2.C2H6/c1-8-13-26(21(27)28-22(3,4)5)15-19-23-14-18(24-19)17-12-10-11-16(9-2)20(17)25(6)7;1-2/h10-12,14H,8-9,13,15H2,1-7H3,(H,23,24);1-2H3. The Morgan fingerprint density at radius 2 is 1.83 bits per heavy atom.